The van der Waals surface area contributed by atoms with Gasteiger partial charge in [-0.15, -0.1) is 11.3 Å². The summed E-state index contributed by atoms with van der Waals surface area (Å²) in [4.78, 5) is 17.1. The lowest BCUT2D eigenvalue weighted by molar-refractivity contribution is -0.137. The quantitative estimate of drug-likeness (QED) is 0.529. The number of fused-ring (bicyclic) bond motifs is 5. The molecule has 0 bridgehead atoms. The second-order valence-electron chi connectivity index (χ2n) is 8.74. The number of aromatic nitrogens is 1. The van der Waals surface area contributed by atoms with Gasteiger partial charge in [-0.3, -0.25) is 4.79 Å². The van der Waals surface area contributed by atoms with Crippen molar-refractivity contribution in [1.29, 1.82) is 0 Å². The number of benzene rings is 1. The molecule has 0 unspecified atom stereocenters. The highest BCUT2D eigenvalue weighted by molar-refractivity contribution is 7.15. The number of amides is 1. The average Bonchev–Trinajstić information content (AvgIpc) is 3.29. The van der Waals surface area contributed by atoms with Gasteiger partial charge in [-0.1, -0.05) is 43.7 Å². The first kappa shape index (κ1) is 18.7. The van der Waals surface area contributed by atoms with Crippen molar-refractivity contribution in [1.82, 2.24) is 9.47 Å². The molecule has 3 heterocycles. The number of thiophene rings is 1. The number of carbonyl (C=O) groups excluding carboxylic acids is 1. The van der Waals surface area contributed by atoms with Crippen LogP contribution in [0.2, 0.25) is 0 Å². The summed E-state index contributed by atoms with van der Waals surface area (Å²) < 4.78 is 2.36. The summed E-state index contributed by atoms with van der Waals surface area (Å²) in [5.74, 6) is 0.203. The van der Waals surface area contributed by atoms with Crippen LogP contribution < -0.4 is 0 Å². The summed E-state index contributed by atoms with van der Waals surface area (Å²) in [5.41, 5.74) is 6.52. The van der Waals surface area contributed by atoms with E-state index in [0.29, 0.717) is 6.54 Å². The Morgan fingerprint density at radius 3 is 2.72 bits per heavy atom. The molecule has 3 nitrogen and oxygen atoms in total. The zero-order valence-electron chi connectivity index (χ0n) is 17.4. The van der Waals surface area contributed by atoms with Crippen molar-refractivity contribution in [3.63, 3.8) is 0 Å². The zero-order valence-corrected chi connectivity index (χ0v) is 18.3. The molecule has 1 atom stereocenters. The molecule has 1 aliphatic carbocycles. The minimum absolute atomic E-state index is 0.0262. The highest BCUT2D eigenvalue weighted by Gasteiger charge is 2.36. The first-order valence-corrected chi connectivity index (χ1v) is 11.5. The molecule has 0 saturated heterocycles. The number of hydrogen-bond acceptors (Lipinski definition) is 2. The number of rotatable bonds is 2. The standard InChI is InChI=1S/C25H28N2OS/c1-16(2)24(28)27-15-20-19-10-4-5-12-22(19)29-25(20)26-13-7-11-21(26)23(27)18-9-6-8-17(3)14-18/h6-9,11,13-14,16,23H,4-5,10,12,15H2,1-3H3/t23-/m1/s1. The Labute approximate surface area is 177 Å². The van der Waals surface area contributed by atoms with Crippen molar-refractivity contribution in [3.05, 3.63) is 75.4 Å². The van der Waals surface area contributed by atoms with E-state index in [2.05, 4.69) is 59.0 Å². The number of nitrogens with zero attached hydrogens (tertiary/aromatic N) is 2. The van der Waals surface area contributed by atoms with Crippen molar-refractivity contribution < 1.29 is 4.79 Å². The van der Waals surface area contributed by atoms with Crippen LogP contribution in [0, 0.1) is 12.8 Å². The van der Waals surface area contributed by atoms with Crippen LogP contribution in [-0.4, -0.2) is 15.4 Å². The van der Waals surface area contributed by atoms with E-state index in [1.165, 1.54) is 57.1 Å². The first-order chi connectivity index (χ1) is 14.0. The van der Waals surface area contributed by atoms with E-state index in [1.807, 2.05) is 25.2 Å². The Kier molecular flexibility index (Phi) is 4.62. The molecular formula is C25H28N2OS. The molecule has 0 spiro atoms. The van der Waals surface area contributed by atoms with Gasteiger partial charge in [0.05, 0.1) is 11.7 Å². The van der Waals surface area contributed by atoms with Gasteiger partial charge in [0, 0.05) is 29.1 Å². The van der Waals surface area contributed by atoms with Crippen LogP contribution in [0.25, 0.3) is 5.00 Å². The molecule has 150 valence electrons. The van der Waals surface area contributed by atoms with Crippen LogP contribution in [0.5, 0.6) is 0 Å². The number of aryl methyl sites for hydroxylation is 2. The van der Waals surface area contributed by atoms with Crippen LogP contribution in [0.3, 0.4) is 0 Å². The van der Waals surface area contributed by atoms with Gasteiger partial charge in [0.2, 0.25) is 5.91 Å². The molecule has 2 aliphatic rings. The van der Waals surface area contributed by atoms with Gasteiger partial charge in [0.1, 0.15) is 5.00 Å². The molecule has 0 N–H and O–H groups in total. The lowest BCUT2D eigenvalue weighted by Crippen LogP contribution is -2.37. The molecule has 2 aromatic heterocycles. The third-order valence-corrected chi connectivity index (χ3v) is 7.65. The fourth-order valence-corrected chi connectivity index (χ4v) is 6.33. The first-order valence-electron chi connectivity index (χ1n) is 10.7. The van der Waals surface area contributed by atoms with E-state index in [4.69, 9.17) is 0 Å². The molecule has 0 saturated carbocycles. The monoisotopic (exact) mass is 404 g/mol. The largest absolute Gasteiger partial charge is 0.325 e. The SMILES string of the molecule is Cc1cccc([C@@H]2c3cccn3-c3sc4c(c3CN2C(=O)C(C)C)CCCC4)c1. The summed E-state index contributed by atoms with van der Waals surface area (Å²) in [6.45, 7) is 6.87. The molecule has 5 rings (SSSR count). The van der Waals surface area contributed by atoms with E-state index in [1.54, 1.807) is 0 Å². The molecule has 1 aliphatic heterocycles. The van der Waals surface area contributed by atoms with Gasteiger partial charge in [0.15, 0.2) is 0 Å². The molecule has 1 amide bonds. The van der Waals surface area contributed by atoms with E-state index in [0.717, 1.165) is 6.42 Å². The highest BCUT2D eigenvalue weighted by Crippen LogP contribution is 2.44. The van der Waals surface area contributed by atoms with Crippen LogP contribution in [0.4, 0.5) is 0 Å². The smallest absolute Gasteiger partial charge is 0.226 e. The summed E-state index contributed by atoms with van der Waals surface area (Å²) in [6.07, 6.45) is 7.06. The molecule has 29 heavy (non-hydrogen) atoms. The fourth-order valence-electron chi connectivity index (χ4n) is 4.93. The summed E-state index contributed by atoms with van der Waals surface area (Å²) in [6, 6.07) is 12.9. The molecule has 0 radical (unpaired) electrons. The summed E-state index contributed by atoms with van der Waals surface area (Å²) >= 11 is 1.95. The maximum absolute atomic E-state index is 13.5. The van der Waals surface area contributed by atoms with Gasteiger partial charge < -0.3 is 9.47 Å². The van der Waals surface area contributed by atoms with Crippen LogP contribution >= 0.6 is 11.3 Å². The Morgan fingerprint density at radius 1 is 1.10 bits per heavy atom. The van der Waals surface area contributed by atoms with Crippen molar-refractivity contribution in [2.45, 2.75) is 59.0 Å². The number of carbonyl (C=O) groups is 1. The third-order valence-electron chi connectivity index (χ3n) is 6.31. The zero-order chi connectivity index (χ0) is 20.1. The lowest BCUT2D eigenvalue weighted by Gasteiger charge is -2.33. The Morgan fingerprint density at radius 2 is 1.93 bits per heavy atom. The van der Waals surface area contributed by atoms with Gasteiger partial charge in [-0.05, 0) is 55.9 Å². The van der Waals surface area contributed by atoms with E-state index in [9.17, 15) is 4.79 Å². The van der Waals surface area contributed by atoms with Crippen LogP contribution in [-0.2, 0) is 24.2 Å². The normalized spacial score (nSPS) is 18.2. The maximum Gasteiger partial charge on any atom is 0.226 e. The maximum atomic E-state index is 13.5. The van der Waals surface area contributed by atoms with Crippen molar-refractivity contribution in [3.8, 4) is 5.00 Å². The van der Waals surface area contributed by atoms with E-state index < -0.39 is 0 Å². The average molecular weight is 405 g/mol. The molecule has 0 fully saturated rings. The van der Waals surface area contributed by atoms with Gasteiger partial charge in [0.25, 0.3) is 0 Å². The van der Waals surface area contributed by atoms with Crippen molar-refractivity contribution in [2.24, 2.45) is 5.92 Å². The molecule has 4 heteroatoms. The molecule has 1 aromatic carbocycles. The Bertz CT molecular complexity index is 1070. The lowest BCUT2D eigenvalue weighted by atomic mass is 9.94. The molecule has 3 aromatic rings. The topological polar surface area (TPSA) is 25.2 Å². The van der Waals surface area contributed by atoms with E-state index >= 15 is 0 Å². The number of hydrogen-bond donors (Lipinski definition) is 0. The minimum Gasteiger partial charge on any atom is -0.325 e. The van der Waals surface area contributed by atoms with E-state index in [-0.39, 0.29) is 17.9 Å². The minimum atomic E-state index is -0.0568. The Hall–Kier alpha value is -2.33. The predicted octanol–water partition coefficient (Wildman–Crippen LogP) is 5.81. The second-order valence-corrected chi connectivity index (χ2v) is 9.82. The highest BCUT2D eigenvalue weighted by atomic mass is 32.1. The van der Waals surface area contributed by atoms with Gasteiger partial charge in [-0.25, -0.2) is 0 Å². The van der Waals surface area contributed by atoms with Crippen molar-refractivity contribution >= 4 is 17.2 Å². The van der Waals surface area contributed by atoms with Crippen molar-refractivity contribution in [2.75, 3.05) is 0 Å². The third kappa shape index (κ3) is 3.05. The second kappa shape index (κ2) is 7.17. The predicted molar refractivity (Wildman–Crippen MR) is 119 cm³/mol. The van der Waals surface area contributed by atoms with Gasteiger partial charge >= 0.3 is 0 Å². The van der Waals surface area contributed by atoms with Crippen LogP contribution in [0.1, 0.15) is 65.6 Å². The molecular weight excluding hydrogens is 376 g/mol. The summed E-state index contributed by atoms with van der Waals surface area (Å²) in [7, 11) is 0. The van der Waals surface area contributed by atoms with Gasteiger partial charge in [-0.2, -0.15) is 0 Å². The summed E-state index contributed by atoms with van der Waals surface area (Å²) in [5, 5.41) is 1.33. The fraction of sp³-hybridized carbons (Fsp3) is 0.400. The Balaban J connectivity index is 1.74. The van der Waals surface area contributed by atoms with Crippen LogP contribution in [0.15, 0.2) is 42.6 Å².